The standard InChI is InChI=1S/C17H22FN5O2S/c1-12-6-8-22(9-7-12)16(24)11-26-17-21-20-15(23(17)19)10-25-14-4-2-13(18)3-5-14/h2-5,12H,6-11,19H2,1H3. The van der Waals surface area contributed by atoms with Crippen molar-refractivity contribution < 1.29 is 13.9 Å². The fraction of sp³-hybridized carbons (Fsp3) is 0.471. The van der Waals surface area contributed by atoms with Crippen molar-refractivity contribution in [1.29, 1.82) is 0 Å². The Kier molecular flexibility index (Phi) is 5.97. The maximum atomic E-state index is 12.9. The molecule has 1 saturated heterocycles. The number of ether oxygens (including phenoxy) is 1. The Balaban J connectivity index is 1.50. The van der Waals surface area contributed by atoms with Crippen molar-refractivity contribution in [3.63, 3.8) is 0 Å². The van der Waals surface area contributed by atoms with Crippen LogP contribution in [0.25, 0.3) is 0 Å². The quantitative estimate of drug-likeness (QED) is 0.611. The summed E-state index contributed by atoms with van der Waals surface area (Å²) in [7, 11) is 0. The van der Waals surface area contributed by atoms with Gasteiger partial charge in [0.25, 0.3) is 0 Å². The zero-order chi connectivity index (χ0) is 18.5. The SMILES string of the molecule is CC1CCN(C(=O)CSc2nnc(COc3ccc(F)cc3)n2N)CC1. The summed E-state index contributed by atoms with van der Waals surface area (Å²) in [5, 5.41) is 8.46. The predicted octanol–water partition coefficient (Wildman–Crippen LogP) is 2.06. The van der Waals surface area contributed by atoms with Crippen LogP contribution in [0.5, 0.6) is 5.75 Å². The molecule has 140 valence electrons. The normalized spacial score (nSPS) is 15.2. The number of nitrogens with zero attached hydrogens (tertiary/aromatic N) is 4. The van der Waals surface area contributed by atoms with E-state index in [1.54, 1.807) is 0 Å². The molecule has 0 bridgehead atoms. The molecule has 0 radical (unpaired) electrons. The average molecular weight is 379 g/mol. The Bertz CT molecular complexity index is 744. The van der Waals surface area contributed by atoms with Gasteiger partial charge in [-0.3, -0.25) is 4.79 Å². The lowest BCUT2D eigenvalue weighted by Crippen LogP contribution is -2.39. The maximum Gasteiger partial charge on any atom is 0.233 e. The molecule has 2 heterocycles. The van der Waals surface area contributed by atoms with Crippen LogP contribution in [0, 0.1) is 11.7 Å². The molecule has 0 unspecified atom stereocenters. The Labute approximate surface area is 155 Å². The van der Waals surface area contributed by atoms with E-state index in [-0.39, 0.29) is 24.1 Å². The lowest BCUT2D eigenvalue weighted by molar-refractivity contribution is -0.129. The second kappa shape index (κ2) is 8.39. The molecule has 1 aromatic carbocycles. The van der Waals surface area contributed by atoms with Gasteiger partial charge in [-0.1, -0.05) is 18.7 Å². The molecule has 2 aromatic rings. The van der Waals surface area contributed by atoms with E-state index in [0.29, 0.717) is 22.6 Å². The average Bonchev–Trinajstić information content (AvgIpc) is 3.00. The van der Waals surface area contributed by atoms with E-state index < -0.39 is 0 Å². The first-order valence-electron chi connectivity index (χ1n) is 8.51. The van der Waals surface area contributed by atoms with E-state index >= 15 is 0 Å². The van der Waals surface area contributed by atoms with Crippen molar-refractivity contribution >= 4 is 17.7 Å². The molecule has 1 amide bonds. The molecule has 0 atom stereocenters. The van der Waals surface area contributed by atoms with E-state index in [2.05, 4.69) is 17.1 Å². The van der Waals surface area contributed by atoms with Crippen LogP contribution < -0.4 is 10.6 Å². The Morgan fingerprint density at radius 2 is 2.00 bits per heavy atom. The Hall–Kier alpha value is -2.29. The van der Waals surface area contributed by atoms with Gasteiger partial charge < -0.3 is 15.5 Å². The molecule has 2 N–H and O–H groups in total. The Morgan fingerprint density at radius 1 is 1.31 bits per heavy atom. The van der Waals surface area contributed by atoms with Crippen LogP contribution in [-0.4, -0.2) is 44.5 Å². The highest BCUT2D eigenvalue weighted by molar-refractivity contribution is 7.99. The number of rotatable bonds is 6. The van der Waals surface area contributed by atoms with Gasteiger partial charge in [-0.05, 0) is 43.0 Å². The smallest absolute Gasteiger partial charge is 0.233 e. The van der Waals surface area contributed by atoms with E-state index in [0.717, 1.165) is 25.9 Å². The topological polar surface area (TPSA) is 86.3 Å². The summed E-state index contributed by atoms with van der Waals surface area (Å²) < 4.78 is 19.7. The van der Waals surface area contributed by atoms with Crippen LogP contribution >= 0.6 is 11.8 Å². The number of aromatic nitrogens is 3. The first kappa shape index (κ1) is 18.5. The molecule has 1 fully saturated rings. The number of thioether (sulfide) groups is 1. The lowest BCUT2D eigenvalue weighted by Gasteiger charge is -2.30. The minimum absolute atomic E-state index is 0.0917. The number of hydrogen-bond acceptors (Lipinski definition) is 6. The zero-order valence-corrected chi connectivity index (χ0v) is 15.4. The molecule has 1 aromatic heterocycles. The summed E-state index contributed by atoms with van der Waals surface area (Å²) in [5.41, 5.74) is 0. The van der Waals surface area contributed by atoms with Gasteiger partial charge in [0.2, 0.25) is 11.1 Å². The summed E-state index contributed by atoms with van der Waals surface area (Å²) in [6, 6.07) is 5.69. The van der Waals surface area contributed by atoms with Crippen LogP contribution in [0.1, 0.15) is 25.6 Å². The van der Waals surface area contributed by atoms with Gasteiger partial charge in [-0.25, -0.2) is 9.07 Å². The third kappa shape index (κ3) is 4.66. The van der Waals surface area contributed by atoms with Crippen molar-refractivity contribution in [2.24, 2.45) is 5.92 Å². The van der Waals surface area contributed by atoms with Crippen LogP contribution in [0.15, 0.2) is 29.4 Å². The summed E-state index contributed by atoms with van der Waals surface area (Å²) in [6.07, 6.45) is 2.10. The Morgan fingerprint density at radius 3 is 2.69 bits per heavy atom. The summed E-state index contributed by atoms with van der Waals surface area (Å²) in [5.74, 6) is 7.65. The van der Waals surface area contributed by atoms with Crippen LogP contribution in [0.2, 0.25) is 0 Å². The third-order valence-corrected chi connectivity index (χ3v) is 5.31. The fourth-order valence-corrected chi connectivity index (χ4v) is 3.44. The van der Waals surface area contributed by atoms with Gasteiger partial charge in [0.05, 0.1) is 5.75 Å². The number of halogens is 1. The number of nitrogen functional groups attached to an aromatic ring is 1. The number of benzene rings is 1. The molecule has 1 aliphatic rings. The first-order chi connectivity index (χ1) is 12.5. The molecule has 9 heteroatoms. The van der Waals surface area contributed by atoms with Gasteiger partial charge in [0.1, 0.15) is 18.2 Å². The molecule has 0 aliphatic carbocycles. The largest absolute Gasteiger partial charge is 0.486 e. The zero-order valence-electron chi connectivity index (χ0n) is 14.6. The molecule has 1 aliphatic heterocycles. The van der Waals surface area contributed by atoms with Crippen molar-refractivity contribution in [3.05, 3.63) is 35.9 Å². The molecule has 0 spiro atoms. The van der Waals surface area contributed by atoms with Crippen molar-refractivity contribution in [2.75, 3.05) is 24.7 Å². The number of carbonyl (C=O) groups is 1. The van der Waals surface area contributed by atoms with Crippen molar-refractivity contribution in [1.82, 2.24) is 19.8 Å². The third-order valence-electron chi connectivity index (χ3n) is 4.38. The van der Waals surface area contributed by atoms with Gasteiger partial charge in [0.15, 0.2) is 5.82 Å². The van der Waals surface area contributed by atoms with E-state index in [1.807, 2.05) is 4.90 Å². The maximum absolute atomic E-state index is 12.9. The second-order valence-electron chi connectivity index (χ2n) is 6.36. The molecule has 7 nitrogen and oxygen atoms in total. The summed E-state index contributed by atoms with van der Waals surface area (Å²) >= 11 is 1.26. The molecular formula is C17H22FN5O2S. The van der Waals surface area contributed by atoms with Crippen molar-refractivity contribution in [2.45, 2.75) is 31.5 Å². The predicted molar refractivity (Wildman–Crippen MR) is 96.6 cm³/mol. The highest BCUT2D eigenvalue weighted by Crippen LogP contribution is 2.20. The summed E-state index contributed by atoms with van der Waals surface area (Å²) in [4.78, 5) is 14.2. The minimum atomic E-state index is -0.328. The molecular weight excluding hydrogens is 357 g/mol. The minimum Gasteiger partial charge on any atom is -0.486 e. The molecule has 3 rings (SSSR count). The second-order valence-corrected chi connectivity index (χ2v) is 7.31. The van der Waals surface area contributed by atoms with Crippen molar-refractivity contribution in [3.8, 4) is 5.75 Å². The van der Waals surface area contributed by atoms with Gasteiger partial charge in [-0.15, -0.1) is 10.2 Å². The number of nitrogens with two attached hydrogens (primary N) is 1. The van der Waals surface area contributed by atoms with Crippen LogP contribution in [0.3, 0.4) is 0 Å². The van der Waals surface area contributed by atoms with E-state index in [9.17, 15) is 9.18 Å². The number of amides is 1. The van der Waals surface area contributed by atoms with Gasteiger partial charge in [0, 0.05) is 13.1 Å². The molecule has 26 heavy (non-hydrogen) atoms. The molecule has 0 saturated carbocycles. The number of likely N-dealkylation sites (tertiary alicyclic amines) is 1. The lowest BCUT2D eigenvalue weighted by atomic mass is 9.99. The van der Waals surface area contributed by atoms with Crippen LogP contribution in [-0.2, 0) is 11.4 Å². The van der Waals surface area contributed by atoms with Gasteiger partial charge >= 0.3 is 0 Å². The summed E-state index contributed by atoms with van der Waals surface area (Å²) in [6.45, 7) is 3.94. The van der Waals surface area contributed by atoms with E-state index in [1.165, 1.54) is 40.7 Å². The van der Waals surface area contributed by atoms with Crippen LogP contribution in [0.4, 0.5) is 4.39 Å². The fourth-order valence-electron chi connectivity index (χ4n) is 2.66. The number of hydrogen-bond donors (Lipinski definition) is 1. The van der Waals surface area contributed by atoms with E-state index in [4.69, 9.17) is 10.6 Å². The first-order valence-corrected chi connectivity index (χ1v) is 9.50. The monoisotopic (exact) mass is 379 g/mol. The number of piperidine rings is 1. The number of carbonyl (C=O) groups excluding carboxylic acids is 1. The highest BCUT2D eigenvalue weighted by atomic mass is 32.2. The highest BCUT2D eigenvalue weighted by Gasteiger charge is 2.21. The van der Waals surface area contributed by atoms with Gasteiger partial charge in [-0.2, -0.15) is 0 Å².